The number of H-pyrrole nitrogens is 1. The Morgan fingerprint density at radius 3 is 2.65 bits per heavy atom. The second kappa shape index (κ2) is 11.0. The molecule has 0 radical (unpaired) electrons. The molecule has 1 aromatic heterocycles. The summed E-state index contributed by atoms with van der Waals surface area (Å²) in [6.45, 7) is 6.10. The second-order valence-electron chi connectivity index (χ2n) is 6.45. The Morgan fingerprint density at radius 1 is 1.19 bits per heavy atom. The van der Waals surface area contributed by atoms with E-state index in [-0.39, 0.29) is 17.4 Å². The molecule has 0 bridgehead atoms. The van der Waals surface area contributed by atoms with Crippen LogP contribution in [0.3, 0.4) is 0 Å². The summed E-state index contributed by atoms with van der Waals surface area (Å²) in [7, 11) is 0. The van der Waals surface area contributed by atoms with Crippen LogP contribution in [-0.2, 0) is 4.79 Å². The lowest BCUT2D eigenvalue weighted by molar-refractivity contribution is -0.113. The summed E-state index contributed by atoms with van der Waals surface area (Å²) < 4.78 is 0. The van der Waals surface area contributed by atoms with Gasteiger partial charge >= 0.3 is 0 Å². The molecule has 0 aliphatic heterocycles. The van der Waals surface area contributed by atoms with Crippen molar-refractivity contribution in [2.75, 3.05) is 34.5 Å². The molecule has 9 nitrogen and oxygen atoms in total. The van der Waals surface area contributed by atoms with Crippen LogP contribution < -0.4 is 15.6 Å². The minimum absolute atomic E-state index is 0.135. The Labute approximate surface area is 185 Å². The number of hydrazone groups is 1. The summed E-state index contributed by atoms with van der Waals surface area (Å²) in [6, 6.07) is 14.6. The number of carbonyl (C=O) groups is 1. The number of aromatic nitrogens is 3. The van der Waals surface area contributed by atoms with Crippen LogP contribution in [0.1, 0.15) is 19.4 Å². The first-order valence-corrected chi connectivity index (χ1v) is 10.8. The molecule has 0 aliphatic carbocycles. The van der Waals surface area contributed by atoms with Crippen molar-refractivity contribution in [3.05, 3.63) is 54.1 Å². The standard InChI is InChI=1S/C21H25N7O2S/c1-3-28(4-2)17-11-9-16(10-12-17)23-19(30)14-31-21-24-20(26-27-21)25-22-13-15-7-5-6-8-18(15)29/h5-13,29H,3-4,14H2,1-2H3,(H,23,30)(H2,24,25,26,27)/b22-13+. The molecule has 2 aromatic carbocycles. The number of anilines is 3. The summed E-state index contributed by atoms with van der Waals surface area (Å²) in [6.07, 6.45) is 1.48. The number of benzene rings is 2. The molecule has 0 atom stereocenters. The molecule has 0 fully saturated rings. The maximum absolute atomic E-state index is 12.2. The molecule has 0 saturated carbocycles. The van der Waals surface area contributed by atoms with Crippen LogP contribution in [0.25, 0.3) is 0 Å². The number of thioether (sulfide) groups is 1. The first kappa shape index (κ1) is 22.2. The van der Waals surface area contributed by atoms with E-state index in [1.165, 1.54) is 18.0 Å². The molecule has 0 aliphatic rings. The highest BCUT2D eigenvalue weighted by Crippen LogP contribution is 2.19. The number of hydrogen-bond donors (Lipinski definition) is 4. The molecule has 162 valence electrons. The topological polar surface area (TPSA) is 119 Å². The first-order chi connectivity index (χ1) is 15.1. The molecule has 3 aromatic rings. The van der Waals surface area contributed by atoms with Gasteiger partial charge in [-0.25, -0.2) is 10.5 Å². The number of phenols is 1. The lowest BCUT2D eigenvalue weighted by atomic mass is 10.2. The largest absolute Gasteiger partial charge is 0.507 e. The number of nitrogens with zero attached hydrogens (tertiary/aromatic N) is 4. The number of aromatic amines is 1. The van der Waals surface area contributed by atoms with Gasteiger partial charge in [-0.3, -0.25) is 4.79 Å². The summed E-state index contributed by atoms with van der Waals surface area (Å²) in [4.78, 5) is 18.7. The predicted octanol–water partition coefficient (Wildman–Crippen LogP) is 3.53. The van der Waals surface area contributed by atoms with Gasteiger partial charge in [-0.15, -0.1) is 5.10 Å². The third-order valence-corrected chi connectivity index (χ3v) is 5.24. The minimum atomic E-state index is -0.141. The maximum Gasteiger partial charge on any atom is 0.240 e. The number of amides is 1. The molecule has 0 unspecified atom stereocenters. The molecule has 0 saturated heterocycles. The highest BCUT2D eigenvalue weighted by molar-refractivity contribution is 7.99. The van der Waals surface area contributed by atoms with Crippen LogP contribution in [0.15, 0.2) is 58.8 Å². The van der Waals surface area contributed by atoms with E-state index in [1.54, 1.807) is 24.3 Å². The molecule has 31 heavy (non-hydrogen) atoms. The van der Waals surface area contributed by atoms with Crippen molar-refractivity contribution in [1.82, 2.24) is 15.2 Å². The highest BCUT2D eigenvalue weighted by Gasteiger charge is 2.09. The van der Waals surface area contributed by atoms with E-state index in [4.69, 9.17) is 0 Å². The van der Waals surface area contributed by atoms with Crippen LogP contribution >= 0.6 is 11.8 Å². The third-order valence-electron chi connectivity index (χ3n) is 4.39. The fraction of sp³-hybridized carbons (Fsp3) is 0.238. The second-order valence-corrected chi connectivity index (χ2v) is 7.39. The number of aromatic hydroxyl groups is 1. The van der Waals surface area contributed by atoms with Crippen molar-refractivity contribution in [1.29, 1.82) is 0 Å². The maximum atomic E-state index is 12.2. The fourth-order valence-electron chi connectivity index (χ4n) is 2.79. The van der Waals surface area contributed by atoms with Gasteiger partial charge in [0.1, 0.15) is 5.75 Å². The van der Waals surface area contributed by atoms with Gasteiger partial charge in [-0.2, -0.15) is 10.1 Å². The fourth-order valence-corrected chi connectivity index (χ4v) is 3.39. The van der Waals surface area contributed by atoms with E-state index in [1.807, 2.05) is 24.3 Å². The van der Waals surface area contributed by atoms with Crippen LogP contribution in [0.4, 0.5) is 17.3 Å². The number of phenolic OH excluding ortho intramolecular Hbond substituents is 1. The molecular formula is C21H25N7O2S. The quantitative estimate of drug-likeness (QED) is 0.217. The molecule has 0 spiro atoms. The average molecular weight is 440 g/mol. The zero-order valence-corrected chi connectivity index (χ0v) is 18.2. The monoisotopic (exact) mass is 439 g/mol. The van der Waals surface area contributed by atoms with Crippen molar-refractivity contribution in [3.8, 4) is 5.75 Å². The Kier molecular flexibility index (Phi) is 7.88. The van der Waals surface area contributed by atoms with Crippen molar-refractivity contribution >= 4 is 41.2 Å². The number of para-hydroxylation sites is 1. The Balaban J connectivity index is 1.45. The van der Waals surface area contributed by atoms with E-state index >= 15 is 0 Å². The van der Waals surface area contributed by atoms with Gasteiger partial charge in [0, 0.05) is 30.0 Å². The molecule has 1 heterocycles. The Bertz CT molecular complexity index is 1020. The molecule has 3 rings (SSSR count). The van der Waals surface area contributed by atoms with Gasteiger partial charge in [0.15, 0.2) is 0 Å². The van der Waals surface area contributed by atoms with Crippen LogP contribution in [0.2, 0.25) is 0 Å². The van der Waals surface area contributed by atoms with Crippen LogP contribution in [0, 0.1) is 0 Å². The van der Waals surface area contributed by atoms with Gasteiger partial charge < -0.3 is 15.3 Å². The lowest BCUT2D eigenvalue weighted by Crippen LogP contribution is -2.21. The normalized spacial score (nSPS) is 10.9. The van der Waals surface area contributed by atoms with Gasteiger partial charge in [0.05, 0.1) is 12.0 Å². The minimum Gasteiger partial charge on any atom is -0.507 e. The molecular weight excluding hydrogens is 414 g/mol. The van der Waals surface area contributed by atoms with Crippen molar-refractivity contribution < 1.29 is 9.90 Å². The molecule has 1 amide bonds. The van der Waals surface area contributed by atoms with E-state index in [2.05, 4.69) is 49.8 Å². The summed E-state index contributed by atoms with van der Waals surface area (Å²) >= 11 is 1.21. The first-order valence-electron chi connectivity index (χ1n) is 9.86. The van der Waals surface area contributed by atoms with Crippen molar-refractivity contribution in [3.63, 3.8) is 0 Å². The highest BCUT2D eigenvalue weighted by atomic mass is 32.2. The number of carbonyl (C=O) groups excluding carboxylic acids is 1. The van der Waals surface area contributed by atoms with Crippen LogP contribution in [-0.4, -0.2) is 51.3 Å². The summed E-state index contributed by atoms with van der Waals surface area (Å²) in [5.74, 6) is 0.505. The van der Waals surface area contributed by atoms with E-state index in [0.717, 1.165) is 24.5 Å². The molecule has 4 N–H and O–H groups in total. The zero-order chi connectivity index (χ0) is 22.1. The van der Waals surface area contributed by atoms with Crippen LogP contribution in [0.5, 0.6) is 5.75 Å². The van der Waals surface area contributed by atoms with Gasteiger partial charge in [-0.1, -0.05) is 23.9 Å². The lowest BCUT2D eigenvalue weighted by Gasteiger charge is -2.21. The number of rotatable bonds is 10. The Hall–Kier alpha value is -3.53. The van der Waals surface area contributed by atoms with Crippen molar-refractivity contribution in [2.24, 2.45) is 5.10 Å². The summed E-state index contributed by atoms with van der Waals surface area (Å²) in [5.41, 5.74) is 5.15. The van der Waals surface area contributed by atoms with Gasteiger partial charge in [-0.05, 0) is 50.2 Å². The van der Waals surface area contributed by atoms with Crippen molar-refractivity contribution in [2.45, 2.75) is 19.0 Å². The van der Waals surface area contributed by atoms with E-state index < -0.39 is 0 Å². The predicted molar refractivity (Wildman–Crippen MR) is 125 cm³/mol. The van der Waals surface area contributed by atoms with Gasteiger partial charge in [0.2, 0.25) is 17.0 Å². The average Bonchev–Trinajstić information content (AvgIpc) is 3.23. The summed E-state index contributed by atoms with van der Waals surface area (Å²) in [5, 5.41) is 23.8. The van der Waals surface area contributed by atoms with E-state index in [9.17, 15) is 9.90 Å². The zero-order valence-electron chi connectivity index (χ0n) is 17.4. The van der Waals surface area contributed by atoms with E-state index in [0.29, 0.717) is 16.7 Å². The number of nitrogens with one attached hydrogen (secondary N) is 3. The number of hydrogen-bond acceptors (Lipinski definition) is 8. The SMILES string of the molecule is CCN(CC)c1ccc(NC(=O)CSc2n[nH]c(N/N=C/c3ccccc3O)n2)cc1. The van der Waals surface area contributed by atoms with Gasteiger partial charge in [0.25, 0.3) is 0 Å². The third kappa shape index (κ3) is 6.48. The molecule has 10 heteroatoms. The Morgan fingerprint density at radius 2 is 1.94 bits per heavy atom. The smallest absolute Gasteiger partial charge is 0.240 e.